The number of carbonyl (C=O) groups is 2. The van der Waals surface area contributed by atoms with Crippen molar-refractivity contribution in [3.05, 3.63) is 0 Å². The van der Waals surface area contributed by atoms with Crippen LogP contribution in [0.25, 0.3) is 0 Å². The molecule has 6 heteroatoms. The van der Waals surface area contributed by atoms with Gasteiger partial charge in [0.15, 0.2) is 0 Å². The Morgan fingerprint density at radius 3 is 1.56 bits per heavy atom. The van der Waals surface area contributed by atoms with E-state index < -0.39 is 22.7 Å². The summed E-state index contributed by atoms with van der Waals surface area (Å²) in [6, 6.07) is 3.87. The van der Waals surface area contributed by atoms with E-state index in [1.165, 1.54) is 0 Å². The molecule has 1 unspecified atom stereocenters. The van der Waals surface area contributed by atoms with E-state index in [4.69, 9.17) is 10.8 Å². The molecule has 90 valence electrons. The van der Waals surface area contributed by atoms with Gasteiger partial charge in [0.1, 0.15) is 23.4 Å². The lowest BCUT2D eigenvalue weighted by Crippen LogP contribution is -2.38. The van der Waals surface area contributed by atoms with Crippen molar-refractivity contribution in [1.82, 2.24) is 0 Å². The first-order chi connectivity index (χ1) is 8.52. The predicted molar refractivity (Wildman–Crippen MR) is 59.9 cm³/mol. The predicted octanol–water partition coefficient (Wildman–Crippen LogP) is 0.483. The van der Waals surface area contributed by atoms with Gasteiger partial charge in [-0.3, -0.25) is 0 Å². The highest BCUT2D eigenvalue weighted by molar-refractivity contribution is 6.16. The van der Waals surface area contributed by atoms with E-state index in [1.54, 1.807) is 0 Å². The van der Waals surface area contributed by atoms with Crippen molar-refractivity contribution in [2.45, 2.75) is 12.8 Å². The minimum absolute atomic E-state index is 0.0391. The zero-order valence-electron chi connectivity index (χ0n) is 9.43. The zero-order chi connectivity index (χ0) is 13.6. The molecule has 0 aromatic rings. The Morgan fingerprint density at radius 2 is 1.33 bits per heavy atom. The Bertz CT molecular complexity index is 505. The van der Waals surface area contributed by atoms with Crippen LogP contribution in [0.4, 0.5) is 0 Å². The van der Waals surface area contributed by atoms with Crippen molar-refractivity contribution >= 4 is 24.0 Å². The fourth-order valence-electron chi connectivity index (χ4n) is 3.16. The lowest BCUT2D eigenvalue weighted by molar-refractivity contribution is -0.110. The quantitative estimate of drug-likeness (QED) is 0.682. The summed E-state index contributed by atoms with van der Waals surface area (Å²) in [5, 5.41) is 34.6. The maximum Gasteiger partial charge on any atom is 0.128 e. The Morgan fingerprint density at radius 1 is 1.00 bits per heavy atom. The number of nitriles is 2. The number of hydrogen-bond acceptors (Lipinski definition) is 6. The van der Waals surface area contributed by atoms with E-state index in [1.807, 2.05) is 12.1 Å². The number of nitrogens with zero attached hydrogens (tertiary/aromatic N) is 2. The van der Waals surface area contributed by atoms with Crippen molar-refractivity contribution < 1.29 is 9.59 Å². The van der Waals surface area contributed by atoms with Crippen LogP contribution < -0.4 is 0 Å². The SMILES string of the molecule is N#C[C@@]12CC(C=O)C(=N)[C@@]1(C#N)C[C@H](C=O)C2=N. The van der Waals surface area contributed by atoms with Gasteiger partial charge in [-0.25, -0.2) is 0 Å². The van der Waals surface area contributed by atoms with Crippen molar-refractivity contribution in [3.63, 3.8) is 0 Å². The molecule has 2 aliphatic rings. The molecule has 2 rings (SSSR count). The van der Waals surface area contributed by atoms with Gasteiger partial charge in [-0.1, -0.05) is 0 Å². The molecule has 0 amide bonds. The molecule has 2 aliphatic carbocycles. The van der Waals surface area contributed by atoms with Gasteiger partial charge in [-0.15, -0.1) is 0 Å². The topological polar surface area (TPSA) is 129 Å². The summed E-state index contributed by atoms with van der Waals surface area (Å²) in [5.74, 6) is -1.62. The zero-order valence-corrected chi connectivity index (χ0v) is 9.43. The molecule has 2 fully saturated rings. The van der Waals surface area contributed by atoms with E-state index >= 15 is 0 Å². The van der Waals surface area contributed by atoms with Crippen LogP contribution in [0.1, 0.15) is 12.8 Å². The first-order valence-electron chi connectivity index (χ1n) is 5.44. The lowest BCUT2D eigenvalue weighted by Gasteiger charge is -2.27. The molecule has 0 bridgehead atoms. The lowest BCUT2D eigenvalue weighted by atomic mass is 9.69. The fourth-order valence-corrected chi connectivity index (χ4v) is 3.16. The molecule has 2 N–H and O–H groups in total. The molecule has 0 aromatic carbocycles. The second-order valence-corrected chi connectivity index (χ2v) is 4.76. The van der Waals surface area contributed by atoms with Crippen LogP contribution in [0, 0.1) is 56.1 Å². The summed E-state index contributed by atoms with van der Waals surface area (Å²) < 4.78 is 0. The van der Waals surface area contributed by atoms with Crippen LogP contribution in [-0.2, 0) is 9.59 Å². The van der Waals surface area contributed by atoms with E-state index in [-0.39, 0.29) is 24.3 Å². The number of rotatable bonds is 2. The minimum atomic E-state index is -1.49. The molecule has 0 aromatic heterocycles. The molecule has 2 saturated carbocycles. The molecule has 6 nitrogen and oxygen atoms in total. The molecule has 0 heterocycles. The Balaban J connectivity index is 2.68. The second-order valence-electron chi connectivity index (χ2n) is 4.76. The summed E-state index contributed by atoms with van der Waals surface area (Å²) in [4.78, 5) is 21.8. The van der Waals surface area contributed by atoms with Crippen molar-refractivity contribution in [1.29, 1.82) is 21.3 Å². The summed E-state index contributed by atoms with van der Waals surface area (Å²) in [7, 11) is 0. The summed E-state index contributed by atoms with van der Waals surface area (Å²) in [6.45, 7) is 0. The maximum atomic E-state index is 10.9. The number of carbonyl (C=O) groups excluding carboxylic acids is 2. The Hall–Kier alpha value is -2.34. The maximum absolute atomic E-state index is 10.9. The second kappa shape index (κ2) is 3.58. The largest absolute Gasteiger partial charge is 0.307 e. The van der Waals surface area contributed by atoms with Crippen LogP contribution in [-0.4, -0.2) is 24.0 Å². The molecule has 0 radical (unpaired) electrons. The highest BCUT2D eigenvalue weighted by atomic mass is 16.1. The van der Waals surface area contributed by atoms with E-state index in [0.717, 1.165) is 0 Å². The third-order valence-electron chi connectivity index (χ3n) is 4.15. The van der Waals surface area contributed by atoms with E-state index in [0.29, 0.717) is 12.6 Å². The molecular formula is C12H10N4O2. The van der Waals surface area contributed by atoms with Crippen molar-refractivity contribution in [3.8, 4) is 12.1 Å². The summed E-state index contributed by atoms with van der Waals surface area (Å²) in [5.41, 5.74) is -3.24. The van der Waals surface area contributed by atoms with Crippen LogP contribution in [0.15, 0.2) is 0 Å². The van der Waals surface area contributed by atoms with E-state index in [2.05, 4.69) is 0 Å². The van der Waals surface area contributed by atoms with Gasteiger partial charge < -0.3 is 20.4 Å². The summed E-state index contributed by atoms with van der Waals surface area (Å²) >= 11 is 0. The monoisotopic (exact) mass is 242 g/mol. The molecule has 0 spiro atoms. The molecule has 0 aliphatic heterocycles. The van der Waals surface area contributed by atoms with Gasteiger partial charge in [-0.05, 0) is 12.8 Å². The van der Waals surface area contributed by atoms with Gasteiger partial charge in [0.25, 0.3) is 0 Å². The molecular weight excluding hydrogens is 232 g/mol. The Labute approximate surface area is 103 Å². The standard InChI is InChI=1S/C12H10N4O2/c13-5-11-1-7(3-17)9(15)12(11,6-14)2-8(4-18)10(11)16/h3-4,7-8,15-16H,1-2H2/t7-,8?,11+,12-/m1/s1. The third-order valence-corrected chi connectivity index (χ3v) is 4.15. The van der Waals surface area contributed by atoms with Crippen LogP contribution in [0.2, 0.25) is 0 Å². The first kappa shape index (κ1) is 12.1. The molecule has 18 heavy (non-hydrogen) atoms. The first-order valence-corrected chi connectivity index (χ1v) is 5.44. The summed E-state index contributed by atoms with van der Waals surface area (Å²) in [6.07, 6.45) is 1.01. The van der Waals surface area contributed by atoms with Gasteiger partial charge in [0.2, 0.25) is 0 Å². The van der Waals surface area contributed by atoms with Crippen molar-refractivity contribution in [2.75, 3.05) is 0 Å². The normalized spacial score (nSPS) is 41.9. The highest BCUT2D eigenvalue weighted by Gasteiger charge is 2.71. The number of aldehydes is 2. The van der Waals surface area contributed by atoms with Crippen LogP contribution >= 0.6 is 0 Å². The molecule has 0 saturated heterocycles. The van der Waals surface area contributed by atoms with Crippen LogP contribution in [0.3, 0.4) is 0 Å². The van der Waals surface area contributed by atoms with Gasteiger partial charge in [-0.2, -0.15) is 10.5 Å². The average molecular weight is 242 g/mol. The van der Waals surface area contributed by atoms with E-state index in [9.17, 15) is 20.1 Å². The van der Waals surface area contributed by atoms with Crippen LogP contribution in [0.5, 0.6) is 0 Å². The minimum Gasteiger partial charge on any atom is -0.307 e. The third kappa shape index (κ3) is 1.01. The molecule has 4 atom stereocenters. The Kier molecular flexibility index (Phi) is 2.41. The van der Waals surface area contributed by atoms with Gasteiger partial charge in [0, 0.05) is 11.4 Å². The van der Waals surface area contributed by atoms with Gasteiger partial charge in [0.05, 0.1) is 24.0 Å². The van der Waals surface area contributed by atoms with Gasteiger partial charge >= 0.3 is 0 Å². The number of nitrogens with one attached hydrogen (secondary N) is 2. The highest BCUT2D eigenvalue weighted by Crippen LogP contribution is 2.61. The smallest absolute Gasteiger partial charge is 0.128 e. The number of hydrogen-bond donors (Lipinski definition) is 2. The fraction of sp³-hybridized carbons (Fsp3) is 0.500. The average Bonchev–Trinajstić information content (AvgIpc) is 2.79. The number of fused-ring (bicyclic) bond motifs is 1. The van der Waals surface area contributed by atoms with Crippen molar-refractivity contribution in [2.24, 2.45) is 22.7 Å².